The zero-order chi connectivity index (χ0) is 55.1. The first-order chi connectivity index (χ1) is 36.6. The highest BCUT2D eigenvalue weighted by molar-refractivity contribution is 7.91. The van der Waals surface area contributed by atoms with Crippen LogP contribution >= 0.6 is 7.14 Å². The van der Waals surface area contributed by atoms with Crippen LogP contribution in [0.3, 0.4) is 0 Å². The second kappa shape index (κ2) is 27.3. The second-order valence-corrected chi connectivity index (χ2v) is 24.7. The normalized spacial score (nSPS) is 11.7. The van der Waals surface area contributed by atoms with Crippen LogP contribution in [0.25, 0.3) is 22.3 Å². The van der Waals surface area contributed by atoms with E-state index >= 15 is 4.57 Å². The third kappa shape index (κ3) is 15.8. The minimum Gasteiger partial charge on any atom is -0.497 e. The van der Waals surface area contributed by atoms with Gasteiger partial charge in [0, 0.05) is 15.9 Å². The Morgan fingerprint density at radius 2 is 0.741 bits per heavy atom. The highest BCUT2D eigenvalue weighted by Gasteiger charge is 2.33. The quantitative estimate of drug-likeness (QED) is 0.0674. The molecule has 0 saturated heterocycles. The third-order valence-electron chi connectivity index (χ3n) is 11.7. The van der Waals surface area contributed by atoms with Crippen molar-refractivity contribution in [2.24, 2.45) is 0 Å². The third-order valence-corrected chi connectivity index (χ3v) is 18.3. The maximum atomic E-state index is 15.2. The minimum atomic E-state index is -4.98. The minimum absolute atomic E-state index is 0. The van der Waals surface area contributed by atoms with Crippen molar-refractivity contribution in [3.8, 4) is 62.5 Å². The van der Waals surface area contributed by atoms with Gasteiger partial charge in [-0.25, -0.2) is 8.42 Å². The van der Waals surface area contributed by atoms with E-state index < -0.39 is 57.6 Å². The van der Waals surface area contributed by atoms with Gasteiger partial charge in [-0.2, -0.15) is 16.8 Å². The highest BCUT2D eigenvalue weighted by atomic mass is 32.2. The fraction of sp³-hybridized carbons (Fsp3) is 0.100. The van der Waals surface area contributed by atoms with Gasteiger partial charge >= 0.3 is 10.6 Å². The van der Waals surface area contributed by atoms with Crippen LogP contribution in [-0.4, -0.2) is 54.1 Å². The molecule has 0 aliphatic heterocycles. The maximum Gasteiger partial charge on any atom is 0.425 e. The topological polar surface area (TPSA) is 248 Å². The molecule has 9 rings (SSSR count). The molecule has 1 atom stereocenters. The van der Waals surface area contributed by atoms with E-state index in [1.165, 1.54) is 48.5 Å². The summed E-state index contributed by atoms with van der Waals surface area (Å²) in [4.78, 5) is -0.997. The van der Waals surface area contributed by atoms with E-state index in [2.05, 4.69) is 0 Å². The van der Waals surface area contributed by atoms with E-state index in [4.69, 9.17) is 31.6 Å². The zero-order valence-electron chi connectivity index (χ0n) is 40.4. The first-order valence-electron chi connectivity index (χ1n) is 22.7. The van der Waals surface area contributed by atoms with E-state index in [1.807, 2.05) is 67.6 Å². The van der Waals surface area contributed by atoms with Crippen LogP contribution in [0.1, 0.15) is 35.3 Å². The summed E-state index contributed by atoms with van der Waals surface area (Å²) in [6, 6.07) is 56.6. The lowest BCUT2D eigenvalue weighted by Gasteiger charge is -2.22. The summed E-state index contributed by atoms with van der Waals surface area (Å²) in [5.74, 6) is 2.70. The second-order valence-electron chi connectivity index (χ2n) is 16.8. The number of methoxy groups -OCH3 is 1. The molecule has 0 spiro atoms. The molecule has 0 saturated carbocycles. The van der Waals surface area contributed by atoms with Gasteiger partial charge in [0.2, 0.25) is 9.84 Å². The van der Waals surface area contributed by atoms with E-state index in [1.54, 1.807) is 92.0 Å². The number of sulfone groups is 1. The Morgan fingerprint density at radius 1 is 0.395 bits per heavy atom. The van der Waals surface area contributed by atoms with Gasteiger partial charge in [0.15, 0.2) is 7.14 Å². The van der Waals surface area contributed by atoms with Crippen LogP contribution < -0.4 is 34.9 Å². The fourth-order valence-corrected chi connectivity index (χ4v) is 13.1. The summed E-state index contributed by atoms with van der Waals surface area (Å²) in [5.41, 5.74) is 4.44. The molecule has 424 valence electrons. The Balaban J connectivity index is 0.00000171. The predicted molar refractivity (Wildman–Crippen MR) is 316 cm³/mol. The molecule has 1 unspecified atom stereocenters. The van der Waals surface area contributed by atoms with Crippen molar-refractivity contribution in [2.45, 2.75) is 56.2 Å². The smallest absolute Gasteiger partial charge is 0.425 e. The number of rotatable bonds is 16. The first-order valence-corrected chi connectivity index (χ1v) is 29.8. The summed E-state index contributed by atoms with van der Waals surface area (Å²) in [6.07, 6.45) is 0. The van der Waals surface area contributed by atoms with Crippen molar-refractivity contribution in [3.05, 3.63) is 218 Å². The molecule has 0 heterocycles. The number of benzene rings is 9. The van der Waals surface area contributed by atoms with Crippen molar-refractivity contribution >= 4 is 63.7 Å². The lowest BCUT2D eigenvalue weighted by Crippen LogP contribution is -2.26. The molecule has 81 heavy (non-hydrogen) atoms. The Kier molecular flexibility index (Phi) is 22.0. The summed E-state index contributed by atoms with van der Waals surface area (Å²) in [6.45, 7) is 1.82. The Bertz CT molecular complexity index is 4100. The molecule has 0 radical (unpaired) electrons. The largest absolute Gasteiger partial charge is 0.497 e. The highest BCUT2D eigenvalue weighted by Crippen LogP contribution is 2.45. The Labute approximate surface area is 475 Å². The van der Waals surface area contributed by atoms with Crippen LogP contribution in [0.2, 0.25) is 0 Å². The fourth-order valence-electron chi connectivity index (χ4n) is 7.86. The molecule has 21 heteroatoms. The SMILES string of the molecule is C.C.C.C.COc1ccc(-c2ccc(Oc3ccc(S(=O)(=O)c4ccc(Oc5ccc(-c6ccc(Oc7ccc(P(=O)(c8ccc(C)cc8)c8cccc(S(=O)(=O)O)c8)cc7S(=O)(=O)O)cc6)cc5)cc4)cc3)cc2)cc1.O=S(=O)=O. The van der Waals surface area contributed by atoms with Gasteiger partial charge in [-0.1, -0.05) is 120 Å². The molecule has 0 aliphatic carbocycles. The van der Waals surface area contributed by atoms with Crippen molar-refractivity contribution in [1.82, 2.24) is 0 Å². The number of hydrogen-bond acceptors (Lipinski definition) is 14. The number of aryl methyl sites for hydroxylation is 1. The average Bonchev–Trinajstić information content (AvgIpc) is 3.41. The Hall–Kier alpha value is -8.20. The summed E-state index contributed by atoms with van der Waals surface area (Å²) >= 11 is 0. The van der Waals surface area contributed by atoms with Crippen LogP contribution in [0.15, 0.2) is 232 Å². The van der Waals surface area contributed by atoms with Crippen LogP contribution in [0.5, 0.6) is 40.2 Å². The van der Waals surface area contributed by atoms with Crippen LogP contribution in [0.4, 0.5) is 0 Å². The van der Waals surface area contributed by atoms with Crippen molar-refractivity contribution in [3.63, 3.8) is 0 Å². The van der Waals surface area contributed by atoms with Crippen LogP contribution in [0, 0.1) is 6.92 Å². The van der Waals surface area contributed by atoms with Gasteiger partial charge in [-0.05, 0) is 157 Å². The van der Waals surface area contributed by atoms with Gasteiger partial charge in [0.05, 0.1) is 21.8 Å². The molecule has 0 aliphatic rings. The molecule has 0 aromatic heterocycles. The van der Waals surface area contributed by atoms with Gasteiger partial charge in [-0.15, -0.1) is 12.6 Å². The monoisotopic (exact) mass is 1190 g/mol. The van der Waals surface area contributed by atoms with E-state index in [-0.39, 0.29) is 66.9 Å². The van der Waals surface area contributed by atoms with E-state index in [0.29, 0.717) is 23.0 Å². The molecule has 0 bridgehead atoms. The van der Waals surface area contributed by atoms with Gasteiger partial charge < -0.3 is 23.5 Å². The van der Waals surface area contributed by atoms with Crippen molar-refractivity contribution in [2.75, 3.05) is 7.11 Å². The number of ether oxygens (including phenoxy) is 4. The van der Waals surface area contributed by atoms with Gasteiger partial charge in [-0.3, -0.25) is 9.11 Å². The van der Waals surface area contributed by atoms with E-state index in [0.717, 1.165) is 51.8 Å². The predicted octanol–water partition coefficient (Wildman–Crippen LogP) is 13.2. The lowest BCUT2D eigenvalue weighted by atomic mass is 10.1. The Morgan fingerprint density at radius 3 is 1.11 bits per heavy atom. The molecule has 2 N–H and O–H groups in total. The average molecular weight is 1200 g/mol. The van der Waals surface area contributed by atoms with Gasteiger partial charge in [0.1, 0.15) is 45.1 Å². The molecule has 9 aromatic carbocycles. The van der Waals surface area contributed by atoms with Crippen molar-refractivity contribution in [1.29, 1.82) is 0 Å². The first kappa shape index (κ1) is 65.3. The summed E-state index contributed by atoms with van der Waals surface area (Å²) in [7, 11) is -19.1. The molecular weight excluding hydrogens is 1140 g/mol. The standard InChI is InChI=1S/C56H43O13PS3.4CH4.O3S/c1-38-6-28-49(29-7-38)70(57,50-4-3-5-54(36-50)72(60,61)62)51-30-35-55(56(37-51)73(63,64)65)69-48-22-14-42(15-23-48)41-12-20-45(21-13-41)68-47-26-33-53(34-27-47)71(58,59)52-31-24-46(25-32-52)67-44-18-10-40(11-19-44)39-8-16-43(66-2)17-9-39;;;;;1-4(2)3/h3-37H,1-2H3,(H,60,61,62)(H,63,64,65);4*1H4;. The summed E-state index contributed by atoms with van der Waals surface area (Å²) in [5, 5.41) is 0.190. The molecule has 9 aromatic rings. The lowest BCUT2D eigenvalue weighted by molar-refractivity contribution is 0.415. The van der Waals surface area contributed by atoms with Crippen LogP contribution in [-0.2, 0) is 45.2 Å². The molecule has 0 amide bonds. The zero-order valence-corrected chi connectivity index (χ0v) is 44.6. The summed E-state index contributed by atoms with van der Waals surface area (Å²) < 4.78 is 161. The van der Waals surface area contributed by atoms with Gasteiger partial charge in [0.25, 0.3) is 20.2 Å². The molecular formula is C60H59O16PS4. The van der Waals surface area contributed by atoms with Crippen molar-refractivity contribution < 1.29 is 70.5 Å². The maximum absolute atomic E-state index is 15.2. The molecule has 0 fully saturated rings. The van der Waals surface area contributed by atoms with E-state index in [9.17, 15) is 34.4 Å². The molecule has 16 nitrogen and oxygen atoms in total. The number of hydrogen-bond donors (Lipinski definition) is 2.